The molecular formula is C18H24Cl2N2O3S. The minimum atomic E-state index is -0.598. The SMILES string of the molecule is CSCC[C@H](NC(=O)c1ccc(Cl)cc1Cl)C(=O)N1C[C@H](C)O[C@@H](C)C1. The molecule has 1 heterocycles. The second-order valence-electron chi connectivity index (χ2n) is 6.43. The van der Waals surface area contributed by atoms with Crippen molar-refractivity contribution in [2.45, 2.75) is 38.5 Å². The van der Waals surface area contributed by atoms with Gasteiger partial charge in [-0.15, -0.1) is 0 Å². The molecule has 8 heteroatoms. The maximum Gasteiger partial charge on any atom is 0.253 e. The lowest BCUT2D eigenvalue weighted by Gasteiger charge is -2.37. The maximum atomic E-state index is 13.0. The van der Waals surface area contributed by atoms with Crippen molar-refractivity contribution in [1.82, 2.24) is 10.2 Å². The number of nitrogens with one attached hydrogen (secondary N) is 1. The van der Waals surface area contributed by atoms with Crippen molar-refractivity contribution in [2.75, 3.05) is 25.1 Å². The summed E-state index contributed by atoms with van der Waals surface area (Å²) in [4.78, 5) is 27.4. The van der Waals surface area contributed by atoms with Crippen molar-refractivity contribution >= 4 is 46.8 Å². The molecule has 0 bridgehead atoms. The first-order valence-electron chi connectivity index (χ1n) is 8.51. The van der Waals surface area contributed by atoms with Crippen LogP contribution in [0.1, 0.15) is 30.6 Å². The molecule has 3 atom stereocenters. The van der Waals surface area contributed by atoms with Gasteiger partial charge < -0.3 is 15.0 Å². The van der Waals surface area contributed by atoms with Crippen LogP contribution in [0.4, 0.5) is 0 Å². The second kappa shape index (κ2) is 9.83. The van der Waals surface area contributed by atoms with Gasteiger partial charge in [0, 0.05) is 18.1 Å². The number of nitrogens with zero attached hydrogens (tertiary/aromatic N) is 1. The number of benzene rings is 1. The highest BCUT2D eigenvalue weighted by atomic mass is 35.5. The number of thioether (sulfide) groups is 1. The van der Waals surface area contributed by atoms with Gasteiger partial charge in [-0.25, -0.2) is 0 Å². The zero-order chi connectivity index (χ0) is 19.3. The molecule has 1 aliphatic rings. The Bertz CT molecular complexity index is 649. The molecule has 144 valence electrons. The smallest absolute Gasteiger partial charge is 0.253 e. The maximum absolute atomic E-state index is 13.0. The molecular weight excluding hydrogens is 395 g/mol. The summed E-state index contributed by atoms with van der Waals surface area (Å²) in [5.74, 6) is 0.306. The number of amides is 2. The van der Waals surface area contributed by atoms with Crippen molar-refractivity contribution in [2.24, 2.45) is 0 Å². The van der Waals surface area contributed by atoms with Gasteiger partial charge in [0.15, 0.2) is 0 Å². The van der Waals surface area contributed by atoms with Gasteiger partial charge in [0.25, 0.3) is 5.91 Å². The van der Waals surface area contributed by atoms with Crippen molar-refractivity contribution < 1.29 is 14.3 Å². The van der Waals surface area contributed by atoms with Crippen LogP contribution in [-0.4, -0.2) is 60.1 Å². The van der Waals surface area contributed by atoms with E-state index in [1.54, 1.807) is 28.8 Å². The lowest BCUT2D eigenvalue weighted by Crippen LogP contribution is -2.55. The predicted octanol–water partition coefficient (Wildman–Crippen LogP) is 3.48. The van der Waals surface area contributed by atoms with Crippen LogP contribution in [0.25, 0.3) is 0 Å². The summed E-state index contributed by atoms with van der Waals surface area (Å²) in [7, 11) is 0. The van der Waals surface area contributed by atoms with E-state index in [1.165, 1.54) is 6.07 Å². The van der Waals surface area contributed by atoms with E-state index in [2.05, 4.69) is 5.32 Å². The van der Waals surface area contributed by atoms with Crippen LogP contribution in [0, 0.1) is 0 Å². The largest absolute Gasteiger partial charge is 0.372 e. The molecule has 0 radical (unpaired) electrons. The molecule has 1 saturated heterocycles. The lowest BCUT2D eigenvalue weighted by atomic mass is 10.1. The first-order chi connectivity index (χ1) is 12.3. The quantitative estimate of drug-likeness (QED) is 0.767. The van der Waals surface area contributed by atoms with Crippen molar-refractivity contribution in [3.8, 4) is 0 Å². The number of ether oxygens (including phenoxy) is 1. The van der Waals surface area contributed by atoms with E-state index >= 15 is 0 Å². The minimum Gasteiger partial charge on any atom is -0.372 e. The van der Waals surface area contributed by atoms with E-state index in [-0.39, 0.29) is 29.0 Å². The third kappa shape index (κ3) is 5.78. The highest BCUT2D eigenvalue weighted by Crippen LogP contribution is 2.21. The highest BCUT2D eigenvalue weighted by molar-refractivity contribution is 7.98. The van der Waals surface area contributed by atoms with E-state index in [9.17, 15) is 9.59 Å². The molecule has 2 amide bonds. The number of hydrogen-bond acceptors (Lipinski definition) is 4. The summed E-state index contributed by atoms with van der Waals surface area (Å²) in [6, 6.07) is 4.09. The van der Waals surface area contributed by atoms with Crippen LogP contribution >= 0.6 is 35.0 Å². The normalized spacial score (nSPS) is 21.3. The monoisotopic (exact) mass is 418 g/mol. The molecule has 1 fully saturated rings. The molecule has 1 aromatic carbocycles. The van der Waals surface area contributed by atoms with Crippen LogP contribution in [-0.2, 0) is 9.53 Å². The fourth-order valence-corrected chi connectivity index (χ4v) is 3.95. The third-order valence-electron chi connectivity index (χ3n) is 4.12. The number of hydrogen-bond donors (Lipinski definition) is 1. The molecule has 2 rings (SSSR count). The Balaban J connectivity index is 2.13. The zero-order valence-electron chi connectivity index (χ0n) is 15.1. The molecule has 0 aromatic heterocycles. The van der Waals surface area contributed by atoms with Gasteiger partial charge in [0.05, 0.1) is 22.8 Å². The van der Waals surface area contributed by atoms with Crippen molar-refractivity contribution in [1.29, 1.82) is 0 Å². The Morgan fingerprint density at radius 3 is 2.54 bits per heavy atom. The Morgan fingerprint density at radius 2 is 1.96 bits per heavy atom. The summed E-state index contributed by atoms with van der Waals surface area (Å²) < 4.78 is 5.69. The first kappa shape index (κ1) is 21.4. The fourth-order valence-electron chi connectivity index (χ4n) is 2.98. The molecule has 1 N–H and O–H groups in total. The Morgan fingerprint density at radius 1 is 1.31 bits per heavy atom. The molecule has 0 unspecified atom stereocenters. The number of rotatable bonds is 6. The van der Waals surface area contributed by atoms with Crippen LogP contribution in [0.3, 0.4) is 0 Å². The number of halogens is 2. The minimum absolute atomic E-state index is 0.0229. The van der Waals surface area contributed by atoms with Crippen molar-refractivity contribution in [3.63, 3.8) is 0 Å². The van der Waals surface area contributed by atoms with E-state index in [0.717, 1.165) is 5.75 Å². The third-order valence-corrected chi connectivity index (χ3v) is 5.31. The molecule has 26 heavy (non-hydrogen) atoms. The zero-order valence-corrected chi connectivity index (χ0v) is 17.5. The van der Waals surface area contributed by atoms with E-state index < -0.39 is 6.04 Å². The fraction of sp³-hybridized carbons (Fsp3) is 0.556. The molecule has 1 aliphatic heterocycles. The molecule has 0 saturated carbocycles. The van der Waals surface area contributed by atoms with Gasteiger partial charge in [-0.3, -0.25) is 9.59 Å². The number of carbonyl (C=O) groups excluding carboxylic acids is 2. The van der Waals surface area contributed by atoms with Gasteiger partial charge >= 0.3 is 0 Å². The summed E-state index contributed by atoms with van der Waals surface area (Å²) in [5, 5.41) is 3.56. The van der Waals surface area contributed by atoms with Gasteiger partial charge in [0.2, 0.25) is 5.91 Å². The van der Waals surface area contributed by atoms with Gasteiger partial charge in [0.1, 0.15) is 6.04 Å². The Labute approximate surface area is 168 Å². The van der Waals surface area contributed by atoms with E-state index in [0.29, 0.717) is 30.1 Å². The van der Waals surface area contributed by atoms with Crippen molar-refractivity contribution in [3.05, 3.63) is 33.8 Å². The van der Waals surface area contributed by atoms with Gasteiger partial charge in [-0.05, 0) is 50.5 Å². The predicted molar refractivity (Wildman–Crippen MR) is 107 cm³/mol. The van der Waals surface area contributed by atoms with Crippen LogP contribution < -0.4 is 5.32 Å². The standard InChI is InChI=1S/C18H24Cl2N2O3S/c1-11-9-22(10-12(2)25-11)18(24)16(6-7-26-3)21-17(23)14-5-4-13(19)8-15(14)20/h4-5,8,11-12,16H,6-7,9-10H2,1-3H3,(H,21,23)/t11-,12-,16-/m0/s1. The van der Waals surface area contributed by atoms with Gasteiger partial charge in [-0.1, -0.05) is 23.2 Å². The van der Waals surface area contributed by atoms with Gasteiger partial charge in [-0.2, -0.15) is 11.8 Å². The summed E-state index contributed by atoms with van der Waals surface area (Å²) in [5.41, 5.74) is 0.307. The topological polar surface area (TPSA) is 58.6 Å². The number of morpholine rings is 1. The molecule has 0 aliphatic carbocycles. The molecule has 5 nitrogen and oxygen atoms in total. The average Bonchev–Trinajstić information content (AvgIpc) is 2.56. The number of carbonyl (C=O) groups is 2. The molecule has 1 aromatic rings. The Kier molecular flexibility index (Phi) is 8.07. The Hall–Kier alpha value is -0.950. The summed E-state index contributed by atoms with van der Waals surface area (Å²) in [6.45, 7) is 4.94. The van der Waals surface area contributed by atoms with Crippen LogP contribution in [0.2, 0.25) is 10.0 Å². The van der Waals surface area contributed by atoms with E-state index in [1.807, 2.05) is 20.1 Å². The van der Waals surface area contributed by atoms with Crippen LogP contribution in [0.15, 0.2) is 18.2 Å². The summed E-state index contributed by atoms with van der Waals surface area (Å²) >= 11 is 13.6. The molecule has 0 spiro atoms. The summed E-state index contributed by atoms with van der Waals surface area (Å²) in [6.07, 6.45) is 2.48. The highest BCUT2D eigenvalue weighted by Gasteiger charge is 2.31. The average molecular weight is 419 g/mol. The second-order valence-corrected chi connectivity index (χ2v) is 8.26. The lowest BCUT2D eigenvalue weighted by molar-refractivity contribution is -0.145. The van der Waals surface area contributed by atoms with Crippen LogP contribution in [0.5, 0.6) is 0 Å². The first-order valence-corrected chi connectivity index (χ1v) is 10.7. The van der Waals surface area contributed by atoms with E-state index in [4.69, 9.17) is 27.9 Å².